The van der Waals surface area contributed by atoms with Crippen molar-refractivity contribution in [3.63, 3.8) is 0 Å². The molecule has 2 unspecified atom stereocenters. The minimum absolute atomic E-state index is 0.0932. The van der Waals surface area contributed by atoms with E-state index >= 15 is 0 Å². The van der Waals surface area contributed by atoms with Crippen LogP contribution in [0.5, 0.6) is 0 Å². The van der Waals surface area contributed by atoms with Gasteiger partial charge in [-0.15, -0.1) is 0 Å². The quantitative estimate of drug-likeness (QED) is 0.620. The maximum Gasteiger partial charge on any atom is 0.0781 e. The van der Waals surface area contributed by atoms with E-state index in [-0.39, 0.29) is 18.2 Å². The highest BCUT2D eigenvalue weighted by atomic mass is 16.5. The van der Waals surface area contributed by atoms with Gasteiger partial charge in [0, 0.05) is 12.6 Å². The van der Waals surface area contributed by atoms with Crippen LogP contribution in [0.2, 0.25) is 0 Å². The molecule has 106 valence electrons. The van der Waals surface area contributed by atoms with Gasteiger partial charge in [0.15, 0.2) is 0 Å². The lowest BCUT2D eigenvalue weighted by atomic mass is 9.95. The van der Waals surface area contributed by atoms with Crippen molar-refractivity contribution in [1.82, 2.24) is 5.32 Å². The van der Waals surface area contributed by atoms with Crippen molar-refractivity contribution in [3.05, 3.63) is 0 Å². The molecule has 0 aromatic carbocycles. The predicted molar refractivity (Wildman–Crippen MR) is 70.6 cm³/mol. The van der Waals surface area contributed by atoms with Crippen LogP contribution in [0.3, 0.4) is 0 Å². The lowest BCUT2D eigenvalue weighted by molar-refractivity contribution is -0.0453. The zero-order valence-corrected chi connectivity index (χ0v) is 11.7. The fourth-order valence-electron chi connectivity index (χ4n) is 2.39. The molecule has 0 aromatic heterocycles. The van der Waals surface area contributed by atoms with Crippen LogP contribution in [-0.2, 0) is 9.47 Å². The van der Waals surface area contributed by atoms with Crippen LogP contribution in [0, 0.1) is 5.92 Å². The fraction of sp³-hybridized carbons (Fsp3) is 1.00. The number of aliphatic hydroxyl groups is 1. The van der Waals surface area contributed by atoms with Crippen molar-refractivity contribution in [2.45, 2.75) is 57.2 Å². The number of hydrogen-bond donors (Lipinski definition) is 2. The van der Waals surface area contributed by atoms with Crippen molar-refractivity contribution in [2.75, 3.05) is 26.4 Å². The molecular weight excluding hydrogens is 230 g/mol. The Morgan fingerprint density at radius 2 is 2.06 bits per heavy atom. The van der Waals surface area contributed by atoms with Gasteiger partial charge in [-0.2, -0.15) is 0 Å². The van der Waals surface area contributed by atoms with Crippen LogP contribution < -0.4 is 5.32 Å². The van der Waals surface area contributed by atoms with Gasteiger partial charge < -0.3 is 19.9 Å². The van der Waals surface area contributed by atoms with Gasteiger partial charge >= 0.3 is 0 Å². The molecule has 0 radical (unpaired) electrons. The molecule has 4 heteroatoms. The second-order valence-electron chi connectivity index (χ2n) is 5.79. The Bertz CT molecular complexity index is 253. The van der Waals surface area contributed by atoms with Crippen LogP contribution in [0.4, 0.5) is 0 Å². The molecule has 2 N–H and O–H groups in total. The van der Waals surface area contributed by atoms with Crippen LogP contribution in [0.25, 0.3) is 0 Å². The topological polar surface area (TPSA) is 50.7 Å². The normalized spacial score (nSPS) is 24.8. The highest BCUT2D eigenvalue weighted by molar-refractivity contribution is 5.04. The van der Waals surface area contributed by atoms with Crippen molar-refractivity contribution in [3.8, 4) is 0 Å². The highest BCUT2D eigenvalue weighted by Crippen LogP contribution is 2.41. The van der Waals surface area contributed by atoms with Gasteiger partial charge in [-0.3, -0.25) is 0 Å². The molecule has 4 nitrogen and oxygen atoms in total. The van der Waals surface area contributed by atoms with Crippen molar-refractivity contribution in [2.24, 2.45) is 5.92 Å². The molecular formula is C14H27NO3. The maximum absolute atomic E-state index is 9.78. The summed E-state index contributed by atoms with van der Waals surface area (Å²) >= 11 is 0. The summed E-state index contributed by atoms with van der Waals surface area (Å²) < 4.78 is 11.2. The van der Waals surface area contributed by atoms with E-state index < -0.39 is 0 Å². The molecule has 2 saturated carbocycles. The van der Waals surface area contributed by atoms with Gasteiger partial charge in [0.2, 0.25) is 0 Å². The lowest BCUT2D eigenvalue weighted by Crippen LogP contribution is -2.55. The van der Waals surface area contributed by atoms with E-state index in [2.05, 4.69) is 5.32 Å². The van der Waals surface area contributed by atoms with E-state index in [1.54, 1.807) is 0 Å². The van der Waals surface area contributed by atoms with Crippen LogP contribution in [0.15, 0.2) is 0 Å². The summed E-state index contributed by atoms with van der Waals surface area (Å²) in [5.74, 6) is 0.586. The van der Waals surface area contributed by atoms with E-state index in [0.29, 0.717) is 25.2 Å². The molecule has 0 saturated heterocycles. The molecule has 0 aromatic rings. The van der Waals surface area contributed by atoms with Gasteiger partial charge in [0.05, 0.1) is 31.5 Å². The Labute approximate surface area is 110 Å². The number of aliphatic hydroxyl groups excluding tert-OH is 1. The summed E-state index contributed by atoms with van der Waals surface area (Å²) in [5.41, 5.74) is -0.207. The van der Waals surface area contributed by atoms with Crippen LogP contribution >= 0.6 is 0 Å². The lowest BCUT2D eigenvalue weighted by Gasteiger charge is -2.34. The smallest absolute Gasteiger partial charge is 0.0781 e. The van der Waals surface area contributed by atoms with Crippen LogP contribution in [0.1, 0.15) is 39.5 Å². The third-order valence-electron chi connectivity index (χ3n) is 3.89. The minimum Gasteiger partial charge on any atom is -0.394 e. The second-order valence-corrected chi connectivity index (χ2v) is 5.79. The summed E-state index contributed by atoms with van der Waals surface area (Å²) in [6, 6.07) is 0.601. The average molecular weight is 257 g/mol. The largest absolute Gasteiger partial charge is 0.394 e. The first-order chi connectivity index (χ1) is 8.70. The van der Waals surface area contributed by atoms with Gasteiger partial charge in [-0.25, -0.2) is 0 Å². The van der Waals surface area contributed by atoms with Crippen molar-refractivity contribution < 1.29 is 14.6 Å². The van der Waals surface area contributed by atoms with E-state index in [1.165, 1.54) is 25.7 Å². The monoisotopic (exact) mass is 257 g/mol. The Kier molecular flexibility index (Phi) is 5.01. The Morgan fingerprint density at radius 1 is 1.33 bits per heavy atom. The molecule has 0 spiro atoms. The number of ether oxygens (including phenoxy) is 2. The minimum atomic E-state index is -0.207. The maximum atomic E-state index is 9.78. The van der Waals surface area contributed by atoms with Crippen molar-refractivity contribution >= 4 is 0 Å². The molecule has 2 fully saturated rings. The molecule has 0 heterocycles. The van der Waals surface area contributed by atoms with Gasteiger partial charge in [0.1, 0.15) is 0 Å². The Morgan fingerprint density at radius 3 is 2.56 bits per heavy atom. The molecule has 0 amide bonds. The first kappa shape index (κ1) is 14.3. The van der Waals surface area contributed by atoms with Gasteiger partial charge in [-0.05, 0) is 45.4 Å². The summed E-state index contributed by atoms with van der Waals surface area (Å²) in [4.78, 5) is 0. The standard InChI is InChI=1S/C14H27NO3/c1-3-17-8-11(2)18-10-14(9-16,12-4-5-12)15-13-6-7-13/h11-13,15-16H,3-10H2,1-2H3. The summed E-state index contributed by atoms with van der Waals surface area (Å²) in [6.45, 7) is 6.15. The molecule has 2 atom stereocenters. The SMILES string of the molecule is CCOCC(C)OCC(CO)(NC1CC1)C1CC1. The number of hydrogen-bond acceptors (Lipinski definition) is 4. The molecule has 0 aliphatic heterocycles. The summed E-state index contributed by atoms with van der Waals surface area (Å²) in [6.07, 6.45) is 4.99. The zero-order valence-electron chi connectivity index (χ0n) is 11.7. The van der Waals surface area contributed by atoms with E-state index in [0.717, 1.165) is 6.61 Å². The summed E-state index contributed by atoms with van der Waals surface area (Å²) in [7, 11) is 0. The van der Waals surface area contributed by atoms with E-state index in [9.17, 15) is 5.11 Å². The second kappa shape index (κ2) is 6.33. The van der Waals surface area contributed by atoms with Crippen molar-refractivity contribution in [1.29, 1.82) is 0 Å². The predicted octanol–water partition coefficient (Wildman–Crippen LogP) is 1.32. The number of nitrogens with one attached hydrogen (secondary N) is 1. The Hall–Kier alpha value is -0.160. The Balaban J connectivity index is 1.80. The molecule has 2 aliphatic rings. The molecule has 0 bridgehead atoms. The zero-order chi connectivity index (χ0) is 13.0. The fourth-order valence-corrected chi connectivity index (χ4v) is 2.39. The molecule has 2 rings (SSSR count). The van der Waals surface area contributed by atoms with E-state index in [1.807, 2.05) is 13.8 Å². The van der Waals surface area contributed by atoms with Gasteiger partial charge in [0.25, 0.3) is 0 Å². The first-order valence-corrected chi connectivity index (χ1v) is 7.28. The van der Waals surface area contributed by atoms with Crippen LogP contribution in [-0.4, -0.2) is 49.2 Å². The summed E-state index contributed by atoms with van der Waals surface area (Å²) in [5, 5.41) is 13.4. The average Bonchev–Trinajstić information content (AvgIpc) is 3.24. The number of rotatable bonds is 10. The molecule has 18 heavy (non-hydrogen) atoms. The molecule has 2 aliphatic carbocycles. The first-order valence-electron chi connectivity index (χ1n) is 7.28. The third-order valence-corrected chi connectivity index (χ3v) is 3.89. The van der Waals surface area contributed by atoms with E-state index in [4.69, 9.17) is 9.47 Å². The third kappa shape index (κ3) is 3.92. The van der Waals surface area contributed by atoms with Gasteiger partial charge in [-0.1, -0.05) is 0 Å². The highest BCUT2D eigenvalue weighted by Gasteiger charge is 2.47.